The van der Waals surface area contributed by atoms with Crippen LogP contribution in [0.5, 0.6) is 0 Å². The Morgan fingerprint density at radius 2 is 1.90 bits per heavy atom. The molecule has 3 amide bonds. The number of rotatable bonds is 3. The minimum Gasteiger partial charge on any atom is -0.370 e. The highest BCUT2D eigenvalue weighted by Gasteiger charge is 2.17. The van der Waals surface area contributed by atoms with Gasteiger partial charge < -0.3 is 16.8 Å². The number of thioether (sulfide) groups is 1. The molecule has 1 aliphatic rings. The Kier molecular flexibility index (Phi) is 6.85. The van der Waals surface area contributed by atoms with Gasteiger partial charge in [-0.3, -0.25) is 15.5 Å². The normalized spacial score (nSPS) is 15.2. The predicted octanol–water partition coefficient (Wildman–Crippen LogP) is 0.0863. The van der Waals surface area contributed by atoms with Crippen molar-refractivity contribution in [2.24, 2.45) is 16.5 Å². The molecule has 0 heterocycles. The lowest BCUT2D eigenvalue weighted by atomic mass is 9.96. The molecule has 20 heavy (non-hydrogen) atoms. The molecule has 1 fully saturated rings. The molecule has 0 aromatic heterocycles. The molecule has 8 nitrogen and oxygen atoms in total. The third-order valence-electron chi connectivity index (χ3n) is 2.76. The van der Waals surface area contributed by atoms with Crippen LogP contribution >= 0.6 is 11.8 Å². The number of carbonyl (C=O) groups excluding carboxylic acids is 2. The molecule has 112 valence electrons. The quantitative estimate of drug-likeness (QED) is 0.370. The van der Waals surface area contributed by atoms with E-state index in [2.05, 4.69) is 15.6 Å². The third-order valence-corrected chi connectivity index (χ3v) is 3.54. The van der Waals surface area contributed by atoms with E-state index >= 15 is 0 Å². The lowest BCUT2D eigenvalue weighted by Crippen LogP contribution is -2.45. The number of amides is 3. The number of aliphatic imine (C=N–C) groups is 1. The highest BCUT2D eigenvalue weighted by atomic mass is 32.2. The first-order chi connectivity index (χ1) is 9.47. The average molecular weight is 300 g/mol. The predicted molar refractivity (Wildman–Crippen MR) is 79.5 cm³/mol. The van der Waals surface area contributed by atoms with Crippen molar-refractivity contribution in [3.63, 3.8) is 0 Å². The highest BCUT2D eigenvalue weighted by Crippen LogP contribution is 2.17. The lowest BCUT2D eigenvalue weighted by Gasteiger charge is -2.22. The zero-order valence-corrected chi connectivity index (χ0v) is 12.0. The minimum absolute atomic E-state index is 0.0896. The van der Waals surface area contributed by atoms with E-state index < -0.39 is 11.9 Å². The Bertz CT molecular complexity index is 402. The first kappa shape index (κ1) is 16.3. The van der Waals surface area contributed by atoms with Crippen molar-refractivity contribution in [1.29, 1.82) is 5.41 Å². The summed E-state index contributed by atoms with van der Waals surface area (Å²) in [7, 11) is 0. The van der Waals surface area contributed by atoms with Gasteiger partial charge in [0.15, 0.2) is 11.1 Å². The number of guanidine groups is 1. The largest absolute Gasteiger partial charge is 0.370 e. The van der Waals surface area contributed by atoms with Crippen molar-refractivity contribution in [3.05, 3.63) is 0 Å². The van der Waals surface area contributed by atoms with Crippen LogP contribution in [-0.2, 0) is 4.79 Å². The Hall–Kier alpha value is -1.77. The van der Waals surface area contributed by atoms with E-state index in [1.54, 1.807) is 0 Å². The molecular formula is C11H20N6O2S. The minimum atomic E-state index is -0.490. The third kappa shape index (κ3) is 6.98. The van der Waals surface area contributed by atoms with E-state index in [4.69, 9.17) is 16.9 Å². The maximum Gasteiger partial charge on any atom is 0.321 e. The second kappa shape index (κ2) is 8.41. The fourth-order valence-electron chi connectivity index (χ4n) is 1.91. The van der Waals surface area contributed by atoms with Crippen LogP contribution in [0.15, 0.2) is 4.99 Å². The van der Waals surface area contributed by atoms with E-state index in [0.717, 1.165) is 37.4 Å². The Balaban J connectivity index is 2.22. The number of imide groups is 1. The second-order valence-electron chi connectivity index (χ2n) is 4.49. The van der Waals surface area contributed by atoms with Crippen LogP contribution in [0.3, 0.4) is 0 Å². The number of nitrogens with one attached hydrogen (secondary N) is 3. The maximum absolute atomic E-state index is 11.6. The van der Waals surface area contributed by atoms with Gasteiger partial charge in [-0.05, 0) is 12.8 Å². The molecule has 0 aliphatic heterocycles. The van der Waals surface area contributed by atoms with Gasteiger partial charge in [0.05, 0.1) is 5.75 Å². The van der Waals surface area contributed by atoms with Gasteiger partial charge >= 0.3 is 6.03 Å². The molecule has 7 N–H and O–H groups in total. The smallest absolute Gasteiger partial charge is 0.321 e. The summed E-state index contributed by atoms with van der Waals surface area (Å²) >= 11 is 0.845. The van der Waals surface area contributed by atoms with E-state index in [0.29, 0.717) is 0 Å². The van der Waals surface area contributed by atoms with Crippen LogP contribution in [-0.4, -0.2) is 34.9 Å². The second-order valence-corrected chi connectivity index (χ2v) is 5.45. The van der Waals surface area contributed by atoms with Crippen molar-refractivity contribution in [2.75, 3.05) is 5.75 Å². The number of urea groups is 1. The standard InChI is InChI=1S/C11H20N6O2S/c12-9(13)17-10(14)20-6-8(18)16-11(19)15-7-4-2-1-3-5-7/h7H,1-6H2,(H5,12,13,14,17)(H2,15,16,18,19). The molecule has 0 atom stereocenters. The van der Waals surface area contributed by atoms with Crippen molar-refractivity contribution < 1.29 is 9.59 Å². The van der Waals surface area contributed by atoms with E-state index in [-0.39, 0.29) is 22.9 Å². The number of nitrogens with two attached hydrogens (primary N) is 2. The molecule has 0 aromatic rings. The summed E-state index contributed by atoms with van der Waals surface area (Å²) < 4.78 is 0. The van der Waals surface area contributed by atoms with Crippen molar-refractivity contribution in [3.8, 4) is 0 Å². The van der Waals surface area contributed by atoms with Crippen LogP contribution in [0, 0.1) is 5.41 Å². The van der Waals surface area contributed by atoms with Crippen LogP contribution in [0.25, 0.3) is 0 Å². The van der Waals surface area contributed by atoms with E-state index in [1.165, 1.54) is 6.42 Å². The lowest BCUT2D eigenvalue weighted by molar-refractivity contribution is -0.117. The Morgan fingerprint density at radius 1 is 1.25 bits per heavy atom. The molecule has 0 saturated heterocycles. The fraction of sp³-hybridized carbons (Fsp3) is 0.636. The van der Waals surface area contributed by atoms with E-state index in [1.807, 2.05) is 0 Å². The maximum atomic E-state index is 11.6. The molecular weight excluding hydrogens is 280 g/mol. The summed E-state index contributed by atoms with van der Waals surface area (Å²) in [6, 6.07) is -0.347. The van der Waals surface area contributed by atoms with Gasteiger partial charge in [0.1, 0.15) is 0 Å². The molecule has 0 aromatic carbocycles. The van der Waals surface area contributed by atoms with Gasteiger partial charge in [-0.1, -0.05) is 31.0 Å². The molecule has 1 aliphatic carbocycles. The molecule has 0 bridgehead atoms. The van der Waals surface area contributed by atoms with Gasteiger partial charge in [-0.15, -0.1) is 0 Å². The average Bonchev–Trinajstić information content (AvgIpc) is 2.36. The number of amidine groups is 1. The van der Waals surface area contributed by atoms with Crippen molar-refractivity contribution in [1.82, 2.24) is 10.6 Å². The van der Waals surface area contributed by atoms with Gasteiger partial charge in [0.2, 0.25) is 5.91 Å². The first-order valence-electron chi connectivity index (χ1n) is 6.38. The summed E-state index contributed by atoms with van der Waals surface area (Å²) in [5, 5.41) is 12.1. The van der Waals surface area contributed by atoms with Crippen LogP contribution < -0.4 is 22.1 Å². The number of hydrogen-bond acceptors (Lipinski definition) is 4. The van der Waals surface area contributed by atoms with Crippen LogP contribution in [0.4, 0.5) is 4.79 Å². The van der Waals surface area contributed by atoms with Crippen molar-refractivity contribution in [2.45, 2.75) is 38.1 Å². The monoisotopic (exact) mass is 300 g/mol. The number of carbonyl (C=O) groups is 2. The summed E-state index contributed by atoms with van der Waals surface area (Å²) in [5.74, 6) is -0.815. The zero-order chi connectivity index (χ0) is 15.0. The molecule has 9 heteroatoms. The van der Waals surface area contributed by atoms with E-state index in [9.17, 15) is 9.59 Å². The first-order valence-corrected chi connectivity index (χ1v) is 7.37. The van der Waals surface area contributed by atoms with Gasteiger partial charge in [0, 0.05) is 6.04 Å². The Morgan fingerprint density at radius 3 is 2.50 bits per heavy atom. The fourth-order valence-corrected chi connectivity index (χ4v) is 2.42. The topological polar surface area (TPSA) is 146 Å². The summed E-state index contributed by atoms with van der Waals surface area (Å²) in [4.78, 5) is 26.5. The summed E-state index contributed by atoms with van der Waals surface area (Å²) in [5.41, 5.74) is 10.2. The SMILES string of the molecule is N=C(N=C(N)N)SCC(=O)NC(=O)NC1CCCCC1. The van der Waals surface area contributed by atoms with Gasteiger partial charge in [-0.25, -0.2) is 4.79 Å². The molecule has 0 unspecified atom stereocenters. The zero-order valence-electron chi connectivity index (χ0n) is 11.1. The molecule has 0 radical (unpaired) electrons. The van der Waals surface area contributed by atoms with Crippen LogP contribution in [0.1, 0.15) is 32.1 Å². The van der Waals surface area contributed by atoms with Crippen LogP contribution in [0.2, 0.25) is 0 Å². The molecule has 1 saturated carbocycles. The summed E-state index contributed by atoms with van der Waals surface area (Å²) in [6.07, 6.45) is 5.30. The number of nitrogens with zero attached hydrogens (tertiary/aromatic N) is 1. The number of hydrogen-bond donors (Lipinski definition) is 5. The molecule has 1 rings (SSSR count). The molecule has 0 spiro atoms. The van der Waals surface area contributed by atoms with Gasteiger partial charge in [0.25, 0.3) is 0 Å². The highest BCUT2D eigenvalue weighted by molar-refractivity contribution is 8.14. The van der Waals surface area contributed by atoms with Gasteiger partial charge in [-0.2, -0.15) is 4.99 Å². The van der Waals surface area contributed by atoms with Crippen molar-refractivity contribution >= 4 is 34.8 Å². The summed E-state index contributed by atoms with van der Waals surface area (Å²) in [6.45, 7) is 0. The Labute approximate surface area is 121 Å².